The second-order valence-electron chi connectivity index (χ2n) is 5.28. The molecule has 0 amide bonds. The van der Waals surface area contributed by atoms with Crippen molar-refractivity contribution in [3.05, 3.63) is 59.6 Å². The van der Waals surface area contributed by atoms with Crippen LogP contribution < -0.4 is 5.32 Å². The summed E-state index contributed by atoms with van der Waals surface area (Å²) in [4.78, 5) is 0. The van der Waals surface area contributed by atoms with E-state index in [2.05, 4.69) is 5.32 Å². The minimum atomic E-state index is -0.732. The van der Waals surface area contributed by atoms with Crippen LogP contribution in [0.2, 0.25) is 0 Å². The van der Waals surface area contributed by atoms with E-state index in [9.17, 15) is 15.3 Å². The topological polar surface area (TPSA) is 72.7 Å². The summed E-state index contributed by atoms with van der Waals surface area (Å²) in [7, 11) is 0. The third kappa shape index (κ3) is 5.06. The molecule has 0 radical (unpaired) electrons. The molecule has 118 valence electrons. The van der Waals surface area contributed by atoms with Gasteiger partial charge in [-0.2, -0.15) is 0 Å². The fourth-order valence-electron chi connectivity index (χ4n) is 2.05. The van der Waals surface area contributed by atoms with E-state index in [-0.39, 0.29) is 29.4 Å². The molecule has 0 aliphatic carbocycles. The first-order chi connectivity index (χ1) is 12.2. The Kier molecular flexibility index (Phi) is 4.10. The van der Waals surface area contributed by atoms with Crippen LogP contribution in [0.5, 0.6) is 11.5 Å². The van der Waals surface area contributed by atoms with Crippen molar-refractivity contribution in [1.29, 1.82) is 0 Å². The lowest BCUT2D eigenvalue weighted by Gasteiger charge is -2.17. The van der Waals surface area contributed by atoms with Crippen molar-refractivity contribution in [3.8, 4) is 11.5 Å². The van der Waals surface area contributed by atoms with Gasteiger partial charge in [-0.15, -0.1) is 0 Å². The summed E-state index contributed by atoms with van der Waals surface area (Å²) < 4.78 is 31.1. The molecule has 0 saturated carbocycles. The Hall–Kier alpha value is -2.04. The SMILES string of the molecule is [2H]c1c([2H])c(CC[C@@H](C)NC[C@H](O)c2ccc(O)cc2)c([2H])c([2H])c1O. The van der Waals surface area contributed by atoms with Crippen LogP contribution in [0.1, 0.15) is 36.1 Å². The highest BCUT2D eigenvalue weighted by Gasteiger charge is 2.09. The Labute approximate surface area is 136 Å². The van der Waals surface area contributed by atoms with Crippen molar-refractivity contribution in [1.82, 2.24) is 5.32 Å². The van der Waals surface area contributed by atoms with Gasteiger partial charge in [0.15, 0.2) is 0 Å². The summed E-state index contributed by atoms with van der Waals surface area (Å²) >= 11 is 0. The smallest absolute Gasteiger partial charge is 0.115 e. The largest absolute Gasteiger partial charge is 0.508 e. The average Bonchev–Trinajstić information content (AvgIpc) is 2.63. The van der Waals surface area contributed by atoms with E-state index < -0.39 is 23.9 Å². The van der Waals surface area contributed by atoms with Crippen molar-refractivity contribution in [2.75, 3.05) is 6.54 Å². The highest BCUT2D eigenvalue weighted by Crippen LogP contribution is 2.16. The number of rotatable bonds is 7. The standard InChI is InChI=1S/C18H23NO3/c1-13(2-3-14-4-8-16(20)9-5-14)19-12-18(22)15-6-10-17(21)11-7-15/h4-11,13,18-22H,2-3,12H2,1H3/t13-,18+/m1/s1/i4D,5D,8D,9D. The van der Waals surface area contributed by atoms with Crippen molar-refractivity contribution in [2.24, 2.45) is 0 Å². The van der Waals surface area contributed by atoms with E-state index in [4.69, 9.17) is 5.48 Å². The maximum absolute atomic E-state index is 10.2. The van der Waals surface area contributed by atoms with Gasteiger partial charge >= 0.3 is 0 Å². The van der Waals surface area contributed by atoms with Gasteiger partial charge < -0.3 is 20.6 Å². The summed E-state index contributed by atoms with van der Waals surface area (Å²) in [6.07, 6.45) is 0.132. The summed E-state index contributed by atoms with van der Waals surface area (Å²) in [5.74, 6) is -0.497. The van der Waals surface area contributed by atoms with Gasteiger partial charge in [-0.25, -0.2) is 0 Å². The third-order valence-corrected chi connectivity index (χ3v) is 3.43. The number of phenols is 2. The first kappa shape index (κ1) is 11.5. The minimum Gasteiger partial charge on any atom is -0.508 e. The van der Waals surface area contributed by atoms with Gasteiger partial charge in [-0.05, 0) is 55.1 Å². The zero-order chi connectivity index (χ0) is 19.4. The van der Waals surface area contributed by atoms with Crippen LogP contribution in [0.4, 0.5) is 0 Å². The van der Waals surface area contributed by atoms with E-state index >= 15 is 0 Å². The Balaban J connectivity index is 1.93. The van der Waals surface area contributed by atoms with Crippen molar-refractivity contribution in [2.45, 2.75) is 31.9 Å². The first-order valence-corrected chi connectivity index (χ1v) is 7.21. The second kappa shape index (κ2) is 7.82. The van der Waals surface area contributed by atoms with Crippen LogP contribution in [0, 0.1) is 0 Å². The van der Waals surface area contributed by atoms with Gasteiger partial charge in [0.2, 0.25) is 0 Å². The number of phenolic OH excluding ortho intramolecular Hbond substituents is 2. The van der Waals surface area contributed by atoms with Crippen molar-refractivity contribution in [3.63, 3.8) is 0 Å². The average molecular weight is 305 g/mol. The van der Waals surface area contributed by atoms with Crippen molar-refractivity contribution >= 4 is 0 Å². The van der Waals surface area contributed by atoms with Gasteiger partial charge in [0.05, 0.1) is 11.6 Å². The summed E-state index contributed by atoms with van der Waals surface area (Å²) in [6.45, 7) is 2.21. The molecule has 0 fully saturated rings. The Morgan fingerprint density at radius 3 is 2.32 bits per heavy atom. The molecule has 4 N–H and O–H groups in total. The van der Waals surface area contributed by atoms with E-state index in [1.54, 1.807) is 12.1 Å². The van der Waals surface area contributed by atoms with Crippen molar-refractivity contribution < 1.29 is 20.8 Å². The quantitative estimate of drug-likeness (QED) is 0.635. The van der Waals surface area contributed by atoms with Crippen LogP contribution in [0.25, 0.3) is 0 Å². The normalized spacial score (nSPS) is 16.3. The molecule has 0 bridgehead atoms. The molecule has 0 spiro atoms. The molecule has 0 aliphatic heterocycles. The predicted molar refractivity (Wildman–Crippen MR) is 87.0 cm³/mol. The molecule has 0 aromatic heterocycles. The molecule has 22 heavy (non-hydrogen) atoms. The van der Waals surface area contributed by atoms with E-state index in [0.717, 1.165) is 0 Å². The number of nitrogens with one attached hydrogen (secondary N) is 1. The van der Waals surface area contributed by atoms with Crippen LogP contribution in [-0.4, -0.2) is 27.9 Å². The molecular weight excluding hydrogens is 278 g/mol. The molecule has 0 aliphatic rings. The van der Waals surface area contributed by atoms with E-state index in [1.807, 2.05) is 6.92 Å². The Bertz CT molecular complexity index is 739. The van der Waals surface area contributed by atoms with E-state index in [0.29, 0.717) is 24.9 Å². The van der Waals surface area contributed by atoms with Gasteiger partial charge in [-0.1, -0.05) is 24.2 Å². The zero-order valence-electron chi connectivity index (χ0n) is 16.4. The highest BCUT2D eigenvalue weighted by molar-refractivity contribution is 5.27. The lowest BCUT2D eigenvalue weighted by atomic mass is 10.1. The van der Waals surface area contributed by atoms with Gasteiger partial charge in [0.1, 0.15) is 11.5 Å². The molecule has 0 saturated heterocycles. The molecule has 4 heteroatoms. The molecule has 2 aromatic rings. The Morgan fingerprint density at radius 2 is 1.68 bits per heavy atom. The molecule has 2 atom stereocenters. The molecule has 4 nitrogen and oxygen atoms in total. The van der Waals surface area contributed by atoms with Crippen LogP contribution in [0.15, 0.2) is 48.4 Å². The maximum atomic E-state index is 10.2. The number of hydrogen-bond acceptors (Lipinski definition) is 4. The van der Waals surface area contributed by atoms with Gasteiger partial charge in [-0.3, -0.25) is 0 Å². The molecule has 0 unspecified atom stereocenters. The van der Waals surface area contributed by atoms with Gasteiger partial charge in [0, 0.05) is 12.6 Å². The molecule has 0 heterocycles. The lowest BCUT2D eigenvalue weighted by Crippen LogP contribution is -2.30. The predicted octanol–water partition coefficient (Wildman–Crippen LogP) is 2.74. The van der Waals surface area contributed by atoms with Gasteiger partial charge in [0.25, 0.3) is 0 Å². The maximum Gasteiger partial charge on any atom is 0.115 e. The second-order valence-corrected chi connectivity index (χ2v) is 5.28. The van der Waals surface area contributed by atoms with Crippen LogP contribution in [-0.2, 0) is 6.42 Å². The highest BCUT2D eigenvalue weighted by atomic mass is 16.3. The number of benzene rings is 2. The van der Waals surface area contributed by atoms with Crippen LogP contribution in [0.3, 0.4) is 0 Å². The summed E-state index contributed by atoms with van der Waals surface area (Å²) in [5.41, 5.74) is 0.950. The Morgan fingerprint density at radius 1 is 1.05 bits per heavy atom. The zero-order valence-corrected chi connectivity index (χ0v) is 12.4. The fraction of sp³-hybridized carbons (Fsp3) is 0.333. The fourth-order valence-corrected chi connectivity index (χ4v) is 2.05. The number of aromatic hydroxyl groups is 2. The summed E-state index contributed by atoms with van der Waals surface area (Å²) in [5, 5.41) is 32.2. The molecule has 2 rings (SSSR count). The number of hydrogen-bond donors (Lipinski definition) is 4. The lowest BCUT2D eigenvalue weighted by molar-refractivity contribution is 0.170. The monoisotopic (exact) mass is 305 g/mol. The number of aliphatic hydroxyl groups excluding tert-OH is 1. The minimum absolute atomic E-state index is 0.0299. The molecular formula is C18H23NO3. The summed E-state index contributed by atoms with van der Waals surface area (Å²) in [6, 6.07) is 4.98. The van der Waals surface area contributed by atoms with E-state index in [1.165, 1.54) is 12.1 Å². The first-order valence-electron chi connectivity index (χ1n) is 9.21. The van der Waals surface area contributed by atoms with Crippen LogP contribution >= 0.6 is 0 Å². The molecule has 2 aromatic carbocycles. The number of aliphatic hydroxyl groups is 1. The third-order valence-electron chi connectivity index (χ3n) is 3.43.